The number of carbonyl (C=O) groups excluding carboxylic acids is 3. The fourth-order valence-corrected chi connectivity index (χ4v) is 3.96. The number of aliphatic hydroxyl groups is 1. The van der Waals surface area contributed by atoms with Gasteiger partial charge in [0.15, 0.2) is 17.8 Å². The Morgan fingerprint density at radius 2 is 1.46 bits per heavy atom. The topological polar surface area (TPSA) is 127 Å². The summed E-state index contributed by atoms with van der Waals surface area (Å²) in [4.78, 5) is 37.6. The summed E-state index contributed by atoms with van der Waals surface area (Å²) in [5, 5.41) is 13.3. The standard InChI is InChI=1S/C29H36O10/c1-4-13-34-26(30)29(33)17-23(37-19-20-11-12-21-9-7-8-10-22(21)16-20)25(39-28(32)36-15-6-3)24(18-29)38-27(31)35-14-5-2/h7-12,16-17,24-25,33H,4-6,13-15,18-19H2,1-3H3/t24-,25-,29+/m1/s1. The monoisotopic (exact) mass is 544 g/mol. The first-order valence-corrected chi connectivity index (χ1v) is 13.2. The number of hydrogen-bond acceptors (Lipinski definition) is 10. The quantitative estimate of drug-likeness (QED) is 0.282. The van der Waals surface area contributed by atoms with Crippen molar-refractivity contribution in [2.24, 2.45) is 0 Å². The zero-order chi connectivity index (χ0) is 28.3. The lowest BCUT2D eigenvalue weighted by Crippen LogP contribution is -2.52. The second kappa shape index (κ2) is 14.4. The van der Waals surface area contributed by atoms with Gasteiger partial charge < -0.3 is 33.5 Å². The van der Waals surface area contributed by atoms with E-state index in [4.69, 9.17) is 28.4 Å². The van der Waals surface area contributed by atoms with Crippen molar-refractivity contribution in [3.63, 3.8) is 0 Å². The summed E-state index contributed by atoms with van der Waals surface area (Å²) in [6, 6.07) is 13.5. The smallest absolute Gasteiger partial charge is 0.489 e. The van der Waals surface area contributed by atoms with Gasteiger partial charge in [-0.2, -0.15) is 0 Å². The van der Waals surface area contributed by atoms with Crippen molar-refractivity contribution in [3.8, 4) is 0 Å². The Bertz CT molecular complexity index is 1160. The van der Waals surface area contributed by atoms with Crippen molar-refractivity contribution in [1.82, 2.24) is 0 Å². The molecule has 0 radical (unpaired) electrons. The maximum Gasteiger partial charge on any atom is 0.509 e. The molecule has 3 rings (SSSR count). The summed E-state index contributed by atoms with van der Waals surface area (Å²) < 4.78 is 32.2. The number of fused-ring (bicyclic) bond motifs is 1. The highest BCUT2D eigenvalue weighted by atomic mass is 16.8. The number of rotatable bonds is 12. The van der Waals surface area contributed by atoms with Gasteiger partial charge in [0.05, 0.1) is 19.8 Å². The van der Waals surface area contributed by atoms with E-state index in [-0.39, 0.29) is 32.2 Å². The van der Waals surface area contributed by atoms with Crippen LogP contribution in [0.5, 0.6) is 0 Å². The molecule has 0 bridgehead atoms. The van der Waals surface area contributed by atoms with E-state index < -0.39 is 42.5 Å². The third-order valence-electron chi connectivity index (χ3n) is 5.84. The van der Waals surface area contributed by atoms with Crippen LogP contribution in [0.3, 0.4) is 0 Å². The van der Waals surface area contributed by atoms with Gasteiger partial charge in [-0.25, -0.2) is 14.4 Å². The van der Waals surface area contributed by atoms with Crippen molar-refractivity contribution < 1.29 is 47.9 Å². The average molecular weight is 545 g/mol. The summed E-state index contributed by atoms with van der Waals surface area (Å²) in [7, 11) is 0. The van der Waals surface area contributed by atoms with Crippen molar-refractivity contribution in [2.45, 2.75) is 70.9 Å². The summed E-state index contributed by atoms with van der Waals surface area (Å²) in [6.07, 6.45) is -2.37. The molecule has 0 saturated heterocycles. The number of benzene rings is 2. The minimum Gasteiger partial charge on any atom is -0.489 e. The summed E-state index contributed by atoms with van der Waals surface area (Å²) in [6.45, 7) is 5.74. The van der Waals surface area contributed by atoms with E-state index in [2.05, 4.69) is 0 Å². The molecule has 2 aromatic carbocycles. The van der Waals surface area contributed by atoms with Gasteiger partial charge >= 0.3 is 18.3 Å². The van der Waals surface area contributed by atoms with Crippen LogP contribution in [0.15, 0.2) is 54.3 Å². The van der Waals surface area contributed by atoms with Crippen molar-refractivity contribution >= 4 is 29.1 Å². The zero-order valence-electron chi connectivity index (χ0n) is 22.6. The van der Waals surface area contributed by atoms with E-state index >= 15 is 0 Å². The maximum atomic E-state index is 12.8. The predicted molar refractivity (Wildman–Crippen MR) is 141 cm³/mol. The third kappa shape index (κ3) is 8.35. The van der Waals surface area contributed by atoms with Crippen molar-refractivity contribution in [3.05, 3.63) is 59.9 Å². The number of esters is 1. The van der Waals surface area contributed by atoms with Crippen LogP contribution in [0.2, 0.25) is 0 Å². The third-order valence-corrected chi connectivity index (χ3v) is 5.84. The fourth-order valence-electron chi connectivity index (χ4n) is 3.96. The van der Waals surface area contributed by atoms with E-state index in [9.17, 15) is 19.5 Å². The van der Waals surface area contributed by atoms with Gasteiger partial charge in [0.25, 0.3) is 0 Å². The molecular formula is C29H36O10. The Kier molecular flexibility index (Phi) is 11.0. The van der Waals surface area contributed by atoms with Gasteiger partial charge in [0, 0.05) is 12.5 Å². The molecule has 10 nitrogen and oxygen atoms in total. The van der Waals surface area contributed by atoms with E-state index in [1.807, 2.05) is 63.2 Å². The van der Waals surface area contributed by atoms with Gasteiger partial charge in [0.1, 0.15) is 12.4 Å². The Hall–Kier alpha value is -3.79. The van der Waals surface area contributed by atoms with Crippen LogP contribution < -0.4 is 0 Å². The average Bonchev–Trinajstić information content (AvgIpc) is 2.93. The molecule has 1 N–H and O–H groups in total. The van der Waals surface area contributed by atoms with Crippen LogP contribution >= 0.6 is 0 Å². The predicted octanol–water partition coefficient (Wildman–Crippen LogP) is 5.19. The summed E-state index contributed by atoms with van der Waals surface area (Å²) >= 11 is 0. The Labute approximate surface area is 227 Å². The second-order valence-electron chi connectivity index (χ2n) is 9.17. The van der Waals surface area contributed by atoms with Gasteiger partial charge in [0.2, 0.25) is 0 Å². The van der Waals surface area contributed by atoms with Gasteiger partial charge in [-0.1, -0.05) is 57.2 Å². The lowest BCUT2D eigenvalue weighted by molar-refractivity contribution is -0.168. The Balaban J connectivity index is 1.93. The van der Waals surface area contributed by atoms with E-state index in [1.54, 1.807) is 0 Å². The summed E-state index contributed by atoms with van der Waals surface area (Å²) in [5.41, 5.74) is -1.43. The molecule has 0 unspecified atom stereocenters. The van der Waals surface area contributed by atoms with Crippen molar-refractivity contribution in [1.29, 1.82) is 0 Å². The highest BCUT2D eigenvalue weighted by molar-refractivity contribution is 5.83. The molecule has 3 atom stereocenters. The minimum absolute atomic E-state index is 0.00756. The van der Waals surface area contributed by atoms with Crippen LogP contribution in [0.4, 0.5) is 9.59 Å². The molecule has 10 heteroatoms. The first kappa shape index (κ1) is 29.8. The van der Waals surface area contributed by atoms with Gasteiger partial charge in [-0.3, -0.25) is 0 Å². The molecule has 1 aliphatic rings. The number of hydrogen-bond donors (Lipinski definition) is 1. The molecule has 0 amide bonds. The number of carbonyl (C=O) groups is 3. The lowest BCUT2D eigenvalue weighted by atomic mass is 9.86. The Morgan fingerprint density at radius 3 is 2.13 bits per heavy atom. The van der Waals surface area contributed by atoms with Crippen LogP contribution in [0.1, 0.15) is 52.0 Å². The normalized spacial score (nSPS) is 20.5. The number of ether oxygens (including phenoxy) is 6. The highest BCUT2D eigenvalue weighted by Crippen LogP contribution is 2.34. The molecule has 1 aliphatic carbocycles. The largest absolute Gasteiger partial charge is 0.509 e. The van der Waals surface area contributed by atoms with E-state index in [0.717, 1.165) is 22.4 Å². The highest BCUT2D eigenvalue weighted by Gasteiger charge is 2.50. The SMILES string of the molecule is CCCOC(=O)O[C@@H]1C(OCc2ccc3ccccc3c2)=C[C@@](O)(C(=O)OCCC)C[C@H]1OC(=O)OCCC. The maximum absolute atomic E-state index is 12.8. The molecule has 0 fully saturated rings. The molecule has 0 aromatic heterocycles. The molecule has 2 aromatic rings. The molecule has 0 spiro atoms. The molecule has 0 heterocycles. The van der Waals surface area contributed by atoms with E-state index in [1.165, 1.54) is 0 Å². The molecular weight excluding hydrogens is 508 g/mol. The van der Waals surface area contributed by atoms with Crippen LogP contribution in [-0.4, -0.2) is 61.0 Å². The molecule has 0 aliphatic heterocycles. The first-order chi connectivity index (χ1) is 18.8. The lowest BCUT2D eigenvalue weighted by Gasteiger charge is -2.37. The molecule has 39 heavy (non-hydrogen) atoms. The minimum atomic E-state index is -2.21. The molecule has 212 valence electrons. The van der Waals surface area contributed by atoms with Crippen molar-refractivity contribution in [2.75, 3.05) is 19.8 Å². The zero-order valence-corrected chi connectivity index (χ0v) is 22.6. The Morgan fingerprint density at radius 1 is 0.846 bits per heavy atom. The van der Waals surface area contributed by atoms with Crippen LogP contribution in [0.25, 0.3) is 10.8 Å². The van der Waals surface area contributed by atoms with Crippen LogP contribution in [-0.2, 0) is 39.8 Å². The summed E-state index contributed by atoms with van der Waals surface area (Å²) in [5.74, 6) is -1.04. The van der Waals surface area contributed by atoms with Gasteiger partial charge in [-0.15, -0.1) is 0 Å². The fraction of sp³-hybridized carbons (Fsp3) is 0.483. The second-order valence-corrected chi connectivity index (χ2v) is 9.17. The first-order valence-electron chi connectivity index (χ1n) is 13.2. The molecule has 0 saturated carbocycles. The van der Waals surface area contributed by atoms with Gasteiger partial charge in [-0.05, 0) is 41.7 Å². The van der Waals surface area contributed by atoms with E-state index in [0.29, 0.717) is 19.3 Å². The van der Waals surface area contributed by atoms with Crippen LogP contribution in [0, 0.1) is 0 Å².